The summed E-state index contributed by atoms with van der Waals surface area (Å²) in [5, 5.41) is 12.8. The van der Waals surface area contributed by atoms with Crippen molar-refractivity contribution in [2.75, 3.05) is 11.9 Å². The van der Waals surface area contributed by atoms with Crippen LogP contribution >= 0.6 is 11.8 Å². The minimum Gasteiger partial charge on any atom is -0.354 e. The molecule has 2 rings (SSSR count). The second kappa shape index (κ2) is 5.81. The lowest BCUT2D eigenvalue weighted by Gasteiger charge is -2.06. The summed E-state index contributed by atoms with van der Waals surface area (Å²) in [6.45, 7) is 4.94. The quantitative estimate of drug-likeness (QED) is 0.832. The molecule has 0 saturated heterocycles. The number of rotatable bonds is 5. The molecule has 2 heterocycles. The van der Waals surface area contributed by atoms with Crippen molar-refractivity contribution < 1.29 is 0 Å². The molecule has 0 radical (unpaired) electrons. The SMILES string of the molecule is CCCNc1nc(C)cc(Sc2nncn2C)n1. The van der Waals surface area contributed by atoms with E-state index in [0.29, 0.717) is 5.95 Å². The molecule has 0 aliphatic rings. The summed E-state index contributed by atoms with van der Waals surface area (Å²) in [4.78, 5) is 8.79. The highest BCUT2D eigenvalue weighted by Gasteiger charge is 2.07. The normalized spacial score (nSPS) is 10.6. The van der Waals surface area contributed by atoms with Crippen LogP contribution in [0.3, 0.4) is 0 Å². The summed E-state index contributed by atoms with van der Waals surface area (Å²) in [6.07, 6.45) is 2.72. The Hall–Kier alpha value is -1.63. The summed E-state index contributed by atoms with van der Waals surface area (Å²) in [5.74, 6) is 0.668. The second-order valence-corrected chi connectivity index (χ2v) is 4.91. The first-order valence-corrected chi connectivity index (χ1v) is 6.62. The third kappa shape index (κ3) is 3.19. The molecule has 2 aromatic heterocycles. The van der Waals surface area contributed by atoms with Gasteiger partial charge in [-0.25, -0.2) is 9.97 Å². The van der Waals surface area contributed by atoms with E-state index in [9.17, 15) is 0 Å². The molecule has 0 atom stereocenters. The lowest BCUT2D eigenvalue weighted by atomic mass is 10.4. The third-order valence-corrected chi connectivity index (χ3v) is 3.20. The smallest absolute Gasteiger partial charge is 0.223 e. The Morgan fingerprint density at radius 2 is 2.22 bits per heavy atom. The Bertz CT molecular complexity index is 524. The Kier molecular flexibility index (Phi) is 4.14. The van der Waals surface area contributed by atoms with Gasteiger partial charge in [-0.1, -0.05) is 6.92 Å². The molecule has 0 spiro atoms. The standard InChI is InChI=1S/C11H16N6S/c1-4-5-12-10-14-8(2)6-9(15-10)18-11-16-13-7-17(11)3/h6-7H,4-5H2,1-3H3,(H,12,14,15). The van der Waals surface area contributed by atoms with Gasteiger partial charge in [0.1, 0.15) is 11.4 Å². The molecule has 18 heavy (non-hydrogen) atoms. The van der Waals surface area contributed by atoms with Crippen LogP contribution in [0.5, 0.6) is 0 Å². The van der Waals surface area contributed by atoms with Gasteiger partial charge in [-0.2, -0.15) is 0 Å². The third-order valence-electron chi connectivity index (χ3n) is 2.23. The highest BCUT2D eigenvalue weighted by atomic mass is 32.2. The summed E-state index contributed by atoms with van der Waals surface area (Å²) in [7, 11) is 1.91. The molecule has 0 unspecified atom stereocenters. The number of hydrogen-bond donors (Lipinski definition) is 1. The predicted molar refractivity (Wildman–Crippen MR) is 70.7 cm³/mol. The van der Waals surface area contributed by atoms with Crippen molar-refractivity contribution >= 4 is 17.7 Å². The number of nitrogens with zero attached hydrogens (tertiary/aromatic N) is 5. The maximum atomic E-state index is 4.45. The number of nitrogens with one attached hydrogen (secondary N) is 1. The molecule has 0 aromatic carbocycles. The molecule has 0 fully saturated rings. The Morgan fingerprint density at radius 3 is 2.89 bits per heavy atom. The molecular formula is C11H16N6S. The average Bonchev–Trinajstić information content (AvgIpc) is 2.72. The van der Waals surface area contributed by atoms with E-state index < -0.39 is 0 Å². The largest absolute Gasteiger partial charge is 0.354 e. The van der Waals surface area contributed by atoms with Crippen LogP contribution in [-0.2, 0) is 7.05 Å². The minimum atomic E-state index is 0.668. The maximum Gasteiger partial charge on any atom is 0.223 e. The predicted octanol–water partition coefficient (Wildman–Crippen LogP) is 1.89. The molecule has 0 saturated carbocycles. The van der Waals surface area contributed by atoms with Crippen LogP contribution in [0.25, 0.3) is 0 Å². The van der Waals surface area contributed by atoms with Gasteiger partial charge < -0.3 is 9.88 Å². The van der Waals surface area contributed by atoms with Gasteiger partial charge >= 0.3 is 0 Å². The van der Waals surface area contributed by atoms with Gasteiger partial charge in [0.05, 0.1) is 0 Å². The minimum absolute atomic E-state index is 0.668. The first-order chi connectivity index (χ1) is 8.69. The fraction of sp³-hybridized carbons (Fsp3) is 0.455. The average molecular weight is 264 g/mol. The number of aryl methyl sites for hydroxylation is 2. The van der Waals surface area contributed by atoms with Gasteiger partial charge in [0.2, 0.25) is 5.95 Å². The molecule has 0 aliphatic heterocycles. The second-order valence-electron chi connectivity index (χ2n) is 3.92. The van der Waals surface area contributed by atoms with E-state index in [4.69, 9.17) is 0 Å². The van der Waals surface area contributed by atoms with E-state index in [0.717, 1.165) is 28.8 Å². The van der Waals surface area contributed by atoms with Crippen molar-refractivity contribution in [3.63, 3.8) is 0 Å². The van der Waals surface area contributed by atoms with E-state index in [1.807, 2.05) is 24.6 Å². The van der Waals surface area contributed by atoms with Gasteiger partial charge in [-0.15, -0.1) is 10.2 Å². The molecule has 0 amide bonds. The van der Waals surface area contributed by atoms with Gasteiger partial charge in [0, 0.05) is 19.3 Å². The molecule has 2 aromatic rings. The van der Waals surface area contributed by atoms with Crippen LogP contribution in [0.1, 0.15) is 19.0 Å². The van der Waals surface area contributed by atoms with E-state index in [1.165, 1.54) is 11.8 Å². The monoisotopic (exact) mass is 264 g/mol. The number of aromatic nitrogens is 5. The fourth-order valence-electron chi connectivity index (χ4n) is 1.37. The number of anilines is 1. The van der Waals surface area contributed by atoms with Gasteiger partial charge in [0.15, 0.2) is 5.16 Å². The lowest BCUT2D eigenvalue weighted by molar-refractivity contribution is 0.786. The van der Waals surface area contributed by atoms with Crippen LogP contribution < -0.4 is 5.32 Å². The molecule has 0 bridgehead atoms. The van der Waals surface area contributed by atoms with E-state index in [2.05, 4.69) is 32.4 Å². The Balaban J connectivity index is 2.17. The molecule has 1 N–H and O–H groups in total. The summed E-state index contributed by atoms with van der Waals surface area (Å²) < 4.78 is 1.86. The van der Waals surface area contributed by atoms with Crippen LogP contribution in [0, 0.1) is 6.92 Å². The summed E-state index contributed by atoms with van der Waals surface area (Å²) in [5.41, 5.74) is 0.938. The molecule has 7 heteroatoms. The van der Waals surface area contributed by atoms with Crippen molar-refractivity contribution in [2.45, 2.75) is 30.5 Å². The first kappa shape index (κ1) is 12.8. The van der Waals surface area contributed by atoms with Crippen molar-refractivity contribution in [1.82, 2.24) is 24.7 Å². The van der Waals surface area contributed by atoms with Crippen LogP contribution in [-0.4, -0.2) is 31.3 Å². The topological polar surface area (TPSA) is 68.5 Å². The molecular weight excluding hydrogens is 248 g/mol. The van der Waals surface area contributed by atoms with Crippen LogP contribution in [0.2, 0.25) is 0 Å². The molecule has 96 valence electrons. The summed E-state index contributed by atoms with van der Waals surface area (Å²) in [6, 6.07) is 1.94. The van der Waals surface area contributed by atoms with E-state index in [-0.39, 0.29) is 0 Å². The van der Waals surface area contributed by atoms with Crippen molar-refractivity contribution in [3.05, 3.63) is 18.1 Å². The highest BCUT2D eigenvalue weighted by molar-refractivity contribution is 7.99. The highest BCUT2D eigenvalue weighted by Crippen LogP contribution is 2.24. The van der Waals surface area contributed by atoms with Gasteiger partial charge in [0.25, 0.3) is 0 Å². The van der Waals surface area contributed by atoms with Crippen LogP contribution in [0.15, 0.2) is 22.6 Å². The lowest BCUT2D eigenvalue weighted by Crippen LogP contribution is -2.05. The zero-order valence-electron chi connectivity index (χ0n) is 10.7. The molecule has 0 aliphatic carbocycles. The van der Waals surface area contributed by atoms with Gasteiger partial charge in [-0.05, 0) is 31.2 Å². The maximum absolute atomic E-state index is 4.45. The van der Waals surface area contributed by atoms with Crippen molar-refractivity contribution in [3.8, 4) is 0 Å². The van der Waals surface area contributed by atoms with Gasteiger partial charge in [-0.3, -0.25) is 0 Å². The molecule has 6 nitrogen and oxygen atoms in total. The summed E-state index contributed by atoms with van der Waals surface area (Å²) >= 11 is 1.48. The van der Waals surface area contributed by atoms with Crippen molar-refractivity contribution in [2.24, 2.45) is 7.05 Å². The number of hydrogen-bond acceptors (Lipinski definition) is 6. The van der Waals surface area contributed by atoms with E-state index >= 15 is 0 Å². The first-order valence-electron chi connectivity index (χ1n) is 5.80. The zero-order chi connectivity index (χ0) is 13.0. The fourth-order valence-corrected chi connectivity index (χ4v) is 2.19. The van der Waals surface area contributed by atoms with E-state index in [1.54, 1.807) is 6.33 Å². The van der Waals surface area contributed by atoms with Crippen molar-refractivity contribution in [1.29, 1.82) is 0 Å². The van der Waals surface area contributed by atoms with Crippen LogP contribution in [0.4, 0.5) is 5.95 Å². The Labute approximate surface area is 110 Å². The Morgan fingerprint density at radius 1 is 1.39 bits per heavy atom. The zero-order valence-corrected chi connectivity index (χ0v) is 11.5.